The molecule has 5 aliphatic rings. The summed E-state index contributed by atoms with van der Waals surface area (Å²) in [5.74, 6) is 4.20. The van der Waals surface area contributed by atoms with Crippen LogP contribution in [0.5, 0.6) is 11.5 Å². The Balaban J connectivity index is 1.17. The first kappa shape index (κ1) is 25.2. The minimum absolute atomic E-state index is 0.00682. The van der Waals surface area contributed by atoms with E-state index in [1.54, 1.807) is 0 Å². The summed E-state index contributed by atoms with van der Waals surface area (Å²) in [6, 6.07) is 23.1. The third-order valence-corrected chi connectivity index (χ3v) is 9.14. The number of hydrogen-bond acceptors (Lipinski definition) is 5. The maximum Gasteiger partial charge on any atom is 0.164 e. The SMILES string of the molecule is C1=CCCC(c2nc(-c3cccc(C4=CC=CC5Oc6ccccc6C45)c3)nc(-c3cccc4c3C3C=CC=CC3O4)n2)=C1. The molecule has 4 aromatic rings. The monoisotopic (exact) mass is 571 g/mol. The molecule has 4 unspecified atom stereocenters. The Kier molecular flexibility index (Phi) is 5.83. The molecule has 4 atom stereocenters. The molecule has 212 valence electrons. The van der Waals surface area contributed by atoms with Crippen molar-refractivity contribution >= 4 is 11.1 Å². The van der Waals surface area contributed by atoms with Gasteiger partial charge in [-0.2, -0.15) is 0 Å². The fraction of sp³-hybridized carbons (Fsp3) is 0.154. The molecule has 0 saturated heterocycles. The molecule has 1 aromatic heterocycles. The van der Waals surface area contributed by atoms with E-state index in [0.717, 1.165) is 58.0 Å². The van der Waals surface area contributed by atoms with Gasteiger partial charge in [-0.15, -0.1) is 0 Å². The van der Waals surface area contributed by atoms with Crippen molar-refractivity contribution in [1.29, 1.82) is 0 Å². The number of aromatic nitrogens is 3. The largest absolute Gasteiger partial charge is 0.485 e. The lowest BCUT2D eigenvalue weighted by molar-refractivity contribution is 0.269. The second-order valence-electron chi connectivity index (χ2n) is 11.7. The highest BCUT2D eigenvalue weighted by molar-refractivity contribution is 5.80. The van der Waals surface area contributed by atoms with Gasteiger partial charge in [-0.3, -0.25) is 0 Å². The number of hydrogen-bond donors (Lipinski definition) is 0. The molecular formula is C39H29N3O2. The van der Waals surface area contributed by atoms with Crippen molar-refractivity contribution in [3.63, 3.8) is 0 Å². The number of para-hydroxylation sites is 1. The van der Waals surface area contributed by atoms with Crippen LogP contribution in [0, 0.1) is 0 Å². The molecule has 0 radical (unpaired) electrons. The second kappa shape index (κ2) is 10.2. The Bertz CT molecular complexity index is 2010. The molecule has 44 heavy (non-hydrogen) atoms. The highest BCUT2D eigenvalue weighted by Crippen LogP contribution is 2.48. The smallest absolute Gasteiger partial charge is 0.164 e. The first-order valence-corrected chi connectivity index (χ1v) is 15.3. The zero-order valence-electron chi connectivity index (χ0n) is 24.0. The third-order valence-electron chi connectivity index (χ3n) is 9.14. The highest BCUT2D eigenvalue weighted by Gasteiger charge is 2.37. The summed E-state index contributed by atoms with van der Waals surface area (Å²) in [7, 11) is 0. The van der Waals surface area contributed by atoms with Gasteiger partial charge in [0.15, 0.2) is 17.5 Å². The van der Waals surface area contributed by atoms with Crippen LogP contribution < -0.4 is 9.47 Å². The van der Waals surface area contributed by atoms with Gasteiger partial charge < -0.3 is 9.47 Å². The number of fused-ring (bicyclic) bond motifs is 6. The average Bonchev–Trinajstić information content (AvgIpc) is 3.67. The van der Waals surface area contributed by atoms with Gasteiger partial charge in [0.25, 0.3) is 0 Å². The maximum atomic E-state index is 6.33. The zero-order valence-corrected chi connectivity index (χ0v) is 24.0. The van der Waals surface area contributed by atoms with Crippen molar-refractivity contribution in [2.75, 3.05) is 0 Å². The van der Waals surface area contributed by atoms with Gasteiger partial charge in [0.2, 0.25) is 0 Å². The molecule has 0 fully saturated rings. The summed E-state index contributed by atoms with van der Waals surface area (Å²) < 4.78 is 12.6. The highest BCUT2D eigenvalue weighted by atomic mass is 16.5. The van der Waals surface area contributed by atoms with Crippen LogP contribution in [-0.2, 0) is 0 Å². The standard InChI is InChI=1S/C39H29N3O2/c1-2-11-24(12-3-1)37-40-38(42-39(41-37)30-18-10-22-34-36(30)29-16-5-7-20-32(29)44-34)26-14-8-13-25(23-26)27-17-9-21-33-35(27)28-15-4-6-19-31(28)43-33/h1-2,4-11,13-23,29,32-33,35H,3,12H2. The molecule has 2 aliphatic heterocycles. The Morgan fingerprint density at radius 3 is 2.39 bits per heavy atom. The summed E-state index contributed by atoms with van der Waals surface area (Å²) in [5.41, 5.74) is 7.81. The third kappa shape index (κ3) is 4.11. The van der Waals surface area contributed by atoms with Gasteiger partial charge >= 0.3 is 0 Å². The molecule has 5 heteroatoms. The van der Waals surface area contributed by atoms with Crippen molar-refractivity contribution in [2.24, 2.45) is 0 Å². The second-order valence-corrected chi connectivity index (χ2v) is 11.7. The Morgan fingerprint density at radius 2 is 1.43 bits per heavy atom. The van der Waals surface area contributed by atoms with Crippen LogP contribution in [0.3, 0.4) is 0 Å². The number of ether oxygens (including phenoxy) is 2. The van der Waals surface area contributed by atoms with Crippen LogP contribution in [-0.4, -0.2) is 27.2 Å². The molecule has 0 amide bonds. The fourth-order valence-electron chi connectivity index (χ4n) is 7.07. The summed E-state index contributed by atoms with van der Waals surface area (Å²) in [4.78, 5) is 15.3. The van der Waals surface area contributed by atoms with E-state index >= 15 is 0 Å². The first-order valence-electron chi connectivity index (χ1n) is 15.3. The van der Waals surface area contributed by atoms with Gasteiger partial charge in [0.05, 0.1) is 5.92 Å². The fourth-order valence-corrected chi connectivity index (χ4v) is 7.07. The quantitative estimate of drug-likeness (QED) is 0.246. The van der Waals surface area contributed by atoms with Crippen molar-refractivity contribution in [2.45, 2.75) is 36.9 Å². The molecule has 3 heterocycles. The van der Waals surface area contributed by atoms with Crippen molar-refractivity contribution in [3.8, 4) is 34.3 Å². The minimum atomic E-state index is -0.00820. The van der Waals surface area contributed by atoms with E-state index < -0.39 is 0 Å². The van der Waals surface area contributed by atoms with Crippen LogP contribution in [0.25, 0.3) is 33.9 Å². The van der Waals surface area contributed by atoms with Gasteiger partial charge in [0.1, 0.15) is 23.7 Å². The summed E-state index contributed by atoms with van der Waals surface area (Å²) in [6.07, 6.45) is 23.2. The van der Waals surface area contributed by atoms with E-state index in [2.05, 4.69) is 109 Å². The van der Waals surface area contributed by atoms with Gasteiger partial charge in [-0.25, -0.2) is 15.0 Å². The zero-order chi connectivity index (χ0) is 29.0. The van der Waals surface area contributed by atoms with E-state index in [1.165, 1.54) is 11.1 Å². The maximum absolute atomic E-state index is 6.33. The van der Waals surface area contributed by atoms with Gasteiger partial charge in [0, 0.05) is 28.2 Å². The van der Waals surface area contributed by atoms with E-state index in [4.69, 9.17) is 24.4 Å². The van der Waals surface area contributed by atoms with E-state index in [0.29, 0.717) is 11.6 Å². The lowest BCUT2D eigenvalue weighted by atomic mass is 9.81. The van der Waals surface area contributed by atoms with Crippen LogP contribution in [0.15, 0.2) is 127 Å². The predicted molar refractivity (Wildman–Crippen MR) is 173 cm³/mol. The van der Waals surface area contributed by atoms with Crippen molar-refractivity contribution in [3.05, 3.63) is 150 Å². The van der Waals surface area contributed by atoms with Crippen LogP contribution in [0.4, 0.5) is 0 Å². The molecule has 5 nitrogen and oxygen atoms in total. The topological polar surface area (TPSA) is 57.1 Å². The van der Waals surface area contributed by atoms with Gasteiger partial charge in [-0.05, 0) is 59.9 Å². The molecule has 0 spiro atoms. The summed E-state index contributed by atoms with van der Waals surface area (Å²) in [5, 5.41) is 0. The predicted octanol–water partition coefficient (Wildman–Crippen LogP) is 8.41. The molecule has 3 aliphatic carbocycles. The average molecular weight is 572 g/mol. The summed E-state index contributed by atoms with van der Waals surface area (Å²) >= 11 is 0. The lowest BCUT2D eigenvalue weighted by Crippen LogP contribution is -2.19. The number of rotatable bonds is 4. The molecule has 0 bridgehead atoms. The van der Waals surface area contributed by atoms with E-state index in [-0.39, 0.29) is 24.0 Å². The number of benzene rings is 3. The number of allylic oxidation sites excluding steroid dienone is 8. The Morgan fingerprint density at radius 1 is 0.636 bits per heavy atom. The van der Waals surface area contributed by atoms with Crippen LogP contribution >= 0.6 is 0 Å². The van der Waals surface area contributed by atoms with Gasteiger partial charge in [-0.1, -0.05) is 97.1 Å². The molecule has 0 N–H and O–H groups in total. The van der Waals surface area contributed by atoms with Crippen LogP contribution in [0.1, 0.15) is 47.2 Å². The number of nitrogens with zero attached hydrogens (tertiary/aromatic N) is 3. The van der Waals surface area contributed by atoms with Crippen LogP contribution in [0.2, 0.25) is 0 Å². The molecule has 0 saturated carbocycles. The molecule has 3 aromatic carbocycles. The van der Waals surface area contributed by atoms with E-state index in [1.807, 2.05) is 18.2 Å². The Labute approximate surface area is 256 Å². The normalized spacial score (nSPS) is 23.5. The van der Waals surface area contributed by atoms with Crippen molar-refractivity contribution in [1.82, 2.24) is 15.0 Å². The first-order chi connectivity index (χ1) is 21.8. The van der Waals surface area contributed by atoms with E-state index in [9.17, 15) is 0 Å². The van der Waals surface area contributed by atoms with Crippen molar-refractivity contribution < 1.29 is 9.47 Å². The molecule has 9 rings (SSSR count). The minimum Gasteiger partial charge on any atom is -0.485 e. The molecular weight excluding hydrogens is 542 g/mol. The Hall–Kier alpha value is -5.29. The summed E-state index contributed by atoms with van der Waals surface area (Å²) in [6.45, 7) is 0. The lowest BCUT2D eigenvalue weighted by Gasteiger charge is -2.23.